The van der Waals surface area contributed by atoms with Crippen molar-refractivity contribution in [3.8, 4) is 0 Å². The van der Waals surface area contributed by atoms with Crippen molar-refractivity contribution in [2.75, 3.05) is 20.2 Å². The maximum atomic E-state index is 12.0. The van der Waals surface area contributed by atoms with Crippen molar-refractivity contribution in [1.29, 1.82) is 0 Å². The van der Waals surface area contributed by atoms with Crippen LogP contribution in [-0.2, 0) is 11.3 Å². The second-order valence-electron chi connectivity index (χ2n) is 4.68. The van der Waals surface area contributed by atoms with Crippen LogP contribution in [0.15, 0.2) is 16.5 Å². The van der Waals surface area contributed by atoms with E-state index < -0.39 is 5.97 Å². The summed E-state index contributed by atoms with van der Waals surface area (Å²) in [7, 11) is 1.64. The lowest BCUT2D eigenvalue weighted by Crippen LogP contribution is -2.47. The van der Waals surface area contributed by atoms with Crippen LogP contribution in [0.1, 0.15) is 29.2 Å². The van der Waals surface area contributed by atoms with Gasteiger partial charge in [0.15, 0.2) is 0 Å². The summed E-state index contributed by atoms with van der Waals surface area (Å²) in [4.78, 5) is 24.3. The number of carbonyl (C=O) groups excluding carboxylic acids is 1. The quantitative estimate of drug-likeness (QED) is 0.868. The number of furan rings is 1. The molecule has 1 unspecified atom stereocenters. The fourth-order valence-electron chi connectivity index (χ4n) is 2.18. The predicted octanol–water partition coefficient (Wildman–Crippen LogP) is 1.30. The highest BCUT2D eigenvalue weighted by atomic mass is 16.5. The van der Waals surface area contributed by atoms with Crippen molar-refractivity contribution < 1.29 is 23.8 Å². The first-order valence-electron chi connectivity index (χ1n) is 6.47. The topological polar surface area (TPSA) is 92.0 Å². The first kappa shape index (κ1) is 14.4. The molecule has 1 aromatic rings. The van der Waals surface area contributed by atoms with Gasteiger partial charge in [0.25, 0.3) is 0 Å². The molecule has 0 spiro atoms. The summed E-state index contributed by atoms with van der Waals surface area (Å²) in [6.07, 6.45) is 1.95. The summed E-state index contributed by atoms with van der Waals surface area (Å²) < 4.78 is 10.3. The number of rotatable bonds is 4. The first-order valence-corrected chi connectivity index (χ1v) is 6.47. The predicted molar refractivity (Wildman–Crippen MR) is 69.5 cm³/mol. The molecule has 2 rings (SSSR count). The van der Waals surface area contributed by atoms with Crippen molar-refractivity contribution in [2.45, 2.75) is 25.5 Å². The molecule has 20 heavy (non-hydrogen) atoms. The minimum absolute atomic E-state index is 0.0803. The summed E-state index contributed by atoms with van der Waals surface area (Å²) in [6, 6.07) is 2.71. The van der Waals surface area contributed by atoms with E-state index in [1.807, 2.05) is 0 Å². The molecule has 2 amide bonds. The van der Waals surface area contributed by atoms with Crippen LogP contribution in [0.3, 0.4) is 0 Å². The van der Waals surface area contributed by atoms with Gasteiger partial charge in [0, 0.05) is 20.2 Å². The number of carbonyl (C=O) groups is 2. The Morgan fingerprint density at radius 1 is 1.55 bits per heavy atom. The minimum Gasteiger partial charge on any atom is -0.475 e. The lowest BCUT2D eigenvalue weighted by atomic mass is 10.1. The van der Waals surface area contributed by atoms with Crippen LogP contribution in [0, 0.1) is 0 Å². The van der Waals surface area contributed by atoms with Crippen LogP contribution in [0.2, 0.25) is 0 Å². The Kier molecular flexibility index (Phi) is 4.62. The molecule has 7 heteroatoms. The molecule has 1 saturated heterocycles. The van der Waals surface area contributed by atoms with E-state index in [9.17, 15) is 9.59 Å². The van der Waals surface area contributed by atoms with Gasteiger partial charge in [0.2, 0.25) is 5.76 Å². The van der Waals surface area contributed by atoms with E-state index in [1.54, 1.807) is 12.0 Å². The number of ether oxygens (including phenoxy) is 1. The molecule has 1 aromatic heterocycles. The average Bonchev–Trinajstić information content (AvgIpc) is 2.94. The van der Waals surface area contributed by atoms with Crippen LogP contribution >= 0.6 is 0 Å². The van der Waals surface area contributed by atoms with Crippen molar-refractivity contribution >= 4 is 12.0 Å². The normalized spacial score (nSPS) is 18.9. The lowest BCUT2D eigenvalue weighted by Gasteiger charge is -2.31. The second-order valence-corrected chi connectivity index (χ2v) is 4.68. The standard InChI is InChI=1S/C13H18N2O5/c1-19-10-3-2-6-15(8-10)13(18)14-7-9-4-5-11(20-9)12(16)17/h4-5,10H,2-3,6-8H2,1H3,(H,14,18)(H,16,17). The van der Waals surface area contributed by atoms with Gasteiger partial charge in [-0.15, -0.1) is 0 Å². The molecule has 110 valence electrons. The number of carboxylic acid groups (broad SMARTS) is 1. The fraction of sp³-hybridized carbons (Fsp3) is 0.538. The Labute approximate surface area is 116 Å². The van der Waals surface area contributed by atoms with Gasteiger partial charge in [-0.05, 0) is 25.0 Å². The van der Waals surface area contributed by atoms with Gasteiger partial charge in [0.05, 0.1) is 12.6 Å². The summed E-state index contributed by atoms with van der Waals surface area (Å²) >= 11 is 0. The van der Waals surface area contributed by atoms with E-state index in [1.165, 1.54) is 12.1 Å². The number of aromatic carboxylic acids is 1. The van der Waals surface area contributed by atoms with Gasteiger partial charge in [-0.25, -0.2) is 9.59 Å². The highest BCUT2D eigenvalue weighted by molar-refractivity contribution is 5.84. The van der Waals surface area contributed by atoms with Crippen LogP contribution in [0.4, 0.5) is 4.79 Å². The molecule has 7 nitrogen and oxygen atoms in total. The zero-order chi connectivity index (χ0) is 14.5. The van der Waals surface area contributed by atoms with Gasteiger partial charge in [-0.3, -0.25) is 0 Å². The zero-order valence-electron chi connectivity index (χ0n) is 11.3. The number of hydrogen-bond acceptors (Lipinski definition) is 4. The first-order chi connectivity index (χ1) is 9.60. The van der Waals surface area contributed by atoms with E-state index in [0.717, 1.165) is 12.8 Å². The molecule has 0 radical (unpaired) electrons. The van der Waals surface area contributed by atoms with E-state index in [4.69, 9.17) is 14.3 Å². The Hall–Kier alpha value is -2.02. The van der Waals surface area contributed by atoms with Crippen molar-refractivity contribution in [2.24, 2.45) is 0 Å². The Morgan fingerprint density at radius 3 is 3.00 bits per heavy atom. The summed E-state index contributed by atoms with van der Waals surface area (Å²) in [6.45, 7) is 1.44. The van der Waals surface area contributed by atoms with Gasteiger partial charge >= 0.3 is 12.0 Å². The molecular weight excluding hydrogens is 264 g/mol. The third-order valence-corrected chi connectivity index (χ3v) is 3.28. The van der Waals surface area contributed by atoms with Crippen LogP contribution in [-0.4, -0.2) is 48.3 Å². The van der Waals surface area contributed by atoms with Crippen LogP contribution in [0.5, 0.6) is 0 Å². The van der Waals surface area contributed by atoms with Crippen molar-refractivity contribution in [1.82, 2.24) is 10.2 Å². The zero-order valence-corrected chi connectivity index (χ0v) is 11.3. The van der Waals surface area contributed by atoms with Crippen LogP contribution in [0.25, 0.3) is 0 Å². The van der Waals surface area contributed by atoms with E-state index in [-0.39, 0.29) is 24.4 Å². The highest BCUT2D eigenvalue weighted by Crippen LogP contribution is 2.13. The molecule has 1 fully saturated rings. The maximum absolute atomic E-state index is 12.0. The Bertz CT molecular complexity index is 485. The maximum Gasteiger partial charge on any atom is 0.371 e. The molecule has 1 aliphatic heterocycles. The number of nitrogens with one attached hydrogen (secondary N) is 1. The minimum atomic E-state index is -1.12. The number of methoxy groups -OCH3 is 1. The largest absolute Gasteiger partial charge is 0.475 e. The number of likely N-dealkylation sites (tertiary alicyclic amines) is 1. The lowest BCUT2D eigenvalue weighted by molar-refractivity contribution is 0.0433. The molecule has 2 N–H and O–H groups in total. The van der Waals surface area contributed by atoms with Crippen LogP contribution < -0.4 is 5.32 Å². The fourth-order valence-corrected chi connectivity index (χ4v) is 2.18. The van der Waals surface area contributed by atoms with Gasteiger partial charge in [-0.2, -0.15) is 0 Å². The highest BCUT2D eigenvalue weighted by Gasteiger charge is 2.23. The monoisotopic (exact) mass is 282 g/mol. The molecular formula is C13H18N2O5. The average molecular weight is 282 g/mol. The smallest absolute Gasteiger partial charge is 0.371 e. The third-order valence-electron chi connectivity index (χ3n) is 3.28. The molecule has 1 atom stereocenters. The number of urea groups is 1. The number of carboxylic acids is 1. The number of hydrogen-bond donors (Lipinski definition) is 2. The number of nitrogens with zero attached hydrogens (tertiary/aromatic N) is 1. The summed E-state index contributed by atoms with van der Waals surface area (Å²) in [5.41, 5.74) is 0. The molecule has 2 heterocycles. The SMILES string of the molecule is COC1CCCN(C(=O)NCc2ccc(C(=O)O)o2)C1. The van der Waals surface area contributed by atoms with E-state index >= 15 is 0 Å². The third kappa shape index (κ3) is 3.51. The van der Waals surface area contributed by atoms with E-state index in [0.29, 0.717) is 18.8 Å². The number of amides is 2. The molecule has 0 saturated carbocycles. The Morgan fingerprint density at radius 2 is 2.35 bits per heavy atom. The molecule has 0 aliphatic carbocycles. The number of piperidine rings is 1. The second kappa shape index (κ2) is 6.42. The van der Waals surface area contributed by atoms with Crippen molar-refractivity contribution in [3.63, 3.8) is 0 Å². The molecule has 1 aliphatic rings. The molecule has 0 bridgehead atoms. The van der Waals surface area contributed by atoms with Gasteiger partial charge < -0.3 is 24.5 Å². The molecule has 0 aromatic carbocycles. The van der Waals surface area contributed by atoms with Gasteiger partial charge in [-0.1, -0.05) is 0 Å². The Balaban J connectivity index is 1.83. The van der Waals surface area contributed by atoms with Gasteiger partial charge in [0.1, 0.15) is 5.76 Å². The van der Waals surface area contributed by atoms with Crippen molar-refractivity contribution in [3.05, 3.63) is 23.7 Å². The summed E-state index contributed by atoms with van der Waals surface area (Å²) in [5.74, 6) is -0.843. The van der Waals surface area contributed by atoms with E-state index in [2.05, 4.69) is 5.32 Å². The summed E-state index contributed by atoms with van der Waals surface area (Å²) in [5, 5.41) is 11.4.